The van der Waals surface area contributed by atoms with Crippen LogP contribution in [-0.2, 0) is 0 Å². The van der Waals surface area contributed by atoms with E-state index in [2.05, 4.69) is 22.1 Å². The molecule has 4 nitrogen and oxygen atoms in total. The molecule has 3 aliphatic heterocycles. The fourth-order valence-electron chi connectivity index (χ4n) is 3.76. The average molecular weight is 301 g/mol. The lowest BCUT2D eigenvalue weighted by Crippen LogP contribution is -2.62. The predicted molar refractivity (Wildman–Crippen MR) is 84.6 cm³/mol. The minimum absolute atomic E-state index is 0.0711. The number of rotatable bonds is 2. The lowest BCUT2D eigenvalue weighted by atomic mass is 9.79. The number of thiophene rings is 1. The summed E-state index contributed by atoms with van der Waals surface area (Å²) in [6, 6.07) is 4.67. The summed E-state index contributed by atoms with van der Waals surface area (Å²) in [4.78, 5) is 20.0. The smallest absolute Gasteiger partial charge is 0.261 e. The van der Waals surface area contributed by atoms with Gasteiger partial charge in [0.05, 0.1) is 4.88 Å². The molecular formula is C16H19N3OS. The standard InChI is InChI=1S/C16H19N3OS/c1-10-15(11-3-6-19(10)7-4-11)18-16(20)14-8-12-9-17-5-2-13(12)21-14/h2,5,8-11,15H,3-4,6-7H2,1H3,(H,18,20)/t10-,15-/m0/s1. The van der Waals surface area contributed by atoms with E-state index in [1.54, 1.807) is 17.5 Å². The van der Waals surface area contributed by atoms with Gasteiger partial charge in [-0.15, -0.1) is 11.3 Å². The van der Waals surface area contributed by atoms with Gasteiger partial charge < -0.3 is 5.32 Å². The molecule has 1 amide bonds. The van der Waals surface area contributed by atoms with Crippen LogP contribution in [0, 0.1) is 5.92 Å². The van der Waals surface area contributed by atoms with Crippen LogP contribution in [0.3, 0.4) is 0 Å². The van der Waals surface area contributed by atoms with Crippen LogP contribution in [0.1, 0.15) is 29.4 Å². The quantitative estimate of drug-likeness (QED) is 0.927. The van der Waals surface area contributed by atoms with Crippen LogP contribution in [0.5, 0.6) is 0 Å². The second-order valence-electron chi connectivity index (χ2n) is 6.14. The molecule has 1 N–H and O–H groups in total. The van der Waals surface area contributed by atoms with E-state index in [1.165, 1.54) is 25.9 Å². The van der Waals surface area contributed by atoms with Crippen molar-refractivity contribution in [2.45, 2.75) is 31.8 Å². The maximum absolute atomic E-state index is 12.6. The number of pyridine rings is 1. The number of nitrogens with one attached hydrogen (secondary N) is 1. The molecule has 5 heteroatoms. The Morgan fingerprint density at radius 2 is 2.24 bits per heavy atom. The van der Waals surface area contributed by atoms with E-state index in [9.17, 15) is 4.79 Å². The molecule has 110 valence electrons. The Labute approximate surface area is 128 Å². The lowest BCUT2D eigenvalue weighted by molar-refractivity contribution is 0.0218. The summed E-state index contributed by atoms with van der Waals surface area (Å²) in [5, 5.41) is 4.34. The summed E-state index contributed by atoms with van der Waals surface area (Å²) < 4.78 is 1.12. The van der Waals surface area contributed by atoms with Crippen molar-refractivity contribution in [3.05, 3.63) is 29.4 Å². The highest BCUT2D eigenvalue weighted by Crippen LogP contribution is 2.32. The first kappa shape index (κ1) is 13.2. The van der Waals surface area contributed by atoms with Gasteiger partial charge in [0.15, 0.2) is 0 Å². The molecule has 21 heavy (non-hydrogen) atoms. The van der Waals surface area contributed by atoms with Gasteiger partial charge in [-0.1, -0.05) is 0 Å². The SMILES string of the molecule is C[C@H]1[C@H](NC(=O)c2cc3cnccc3s2)C2CCN1CC2. The maximum atomic E-state index is 12.6. The Bertz CT molecular complexity index is 640. The Kier molecular flexibility index (Phi) is 3.19. The van der Waals surface area contributed by atoms with E-state index >= 15 is 0 Å². The van der Waals surface area contributed by atoms with E-state index in [0.717, 1.165) is 15.0 Å². The summed E-state index contributed by atoms with van der Waals surface area (Å²) >= 11 is 1.55. The highest BCUT2D eigenvalue weighted by Gasteiger charge is 2.40. The van der Waals surface area contributed by atoms with Crippen LogP contribution in [0.15, 0.2) is 24.5 Å². The fraction of sp³-hybridized carbons (Fsp3) is 0.500. The van der Waals surface area contributed by atoms with Crippen molar-refractivity contribution in [3.63, 3.8) is 0 Å². The number of nitrogens with zero attached hydrogens (tertiary/aromatic N) is 2. The van der Waals surface area contributed by atoms with Gasteiger partial charge in [0.2, 0.25) is 0 Å². The Morgan fingerprint density at radius 3 is 2.95 bits per heavy atom. The van der Waals surface area contributed by atoms with Gasteiger partial charge in [-0.3, -0.25) is 14.7 Å². The number of hydrogen-bond donors (Lipinski definition) is 1. The third-order valence-electron chi connectivity index (χ3n) is 5.02. The Morgan fingerprint density at radius 1 is 1.43 bits per heavy atom. The Hall–Kier alpha value is -1.46. The van der Waals surface area contributed by atoms with Crippen molar-refractivity contribution in [1.82, 2.24) is 15.2 Å². The van der Waals surface area contributed by atoms with Crippen molar-refractivity contribution >= 4 is 27.3 Å². The number of piperidine rings is 3. The summed E-state index contributed by atoms with van der Waals surface area (Å²) in [5.74, 6) is 0.715. The van der Waals surface area contributed by atoms with Crippen LogP contribution in [0.25, 0.3) is 10.1 Å². The van der Waals surface area contributed by atoms with E-state index < -0.39 is 0 Å². The van der Waals surface area contributed by atoms with E-state index in [1.807, 2.05) is 18.3 Å². The van der Waals surface area contributed by atoms with Crippen LogP contribution < -0.4 is 5.32 Å². The van der Waals surface area contributed by atoms with E-state index in [4.69, 9.17) is 0 Å². The van der Waals surface area contributed by atoms with Gasteiger partial charge in [0.25, 0.3) is 5.91 Å². The summed E-state index contributed by atoms with van der Waals surface area (Å²) in [6.07, 6.45) is 6.02. The number of carbonyl (C=O) groups is 1. The monoisotopic (exact) mass is 301 g/mol. The molecule has 2 bridgehead atoms. The van der Waals surface area contributed by atoms with E-state index in [0.29, 0.717) is 18.0 Å². The van der Waals surface area contributed by atoms with Crippen LogP contribution in [-0.4, -0.2) is 41.0 Å². The van der Waals surface area contributed by atoms with Gasteiger partial charge in [0.1, 0.15) is 0 Å². The first-order chi connectivity index (χ1) is 10.2. The zero-order valence-corrected chi connectivity index (χ0v) is 12.9. The average Bonchev–Trinajstić information content (AvgIpc) is 2.95. The molecule has 5 heterocycles. The van der Waals surface area contributed by atoms with Crippen molar-refractivity contribution in [2.75, 3.05) is 13.1 Å². The molecule has 0 aliphatic carbocycles. The largest absolute Gasteiger partial charge is 0.347 e. The molecule has 2 aromatic heterocycles. The van der Waals surface area contributed by atoms with Gasteiger partial charge in [0, 0.05) is 34.6 Å². The third kappa shape index (κ3) is 2.24. The Balaban J connectivity index is 1.55. The van der Waals surface area contributed by atoms with Crippen LogP contribution in [0.4, 0.5) is 0 Å². The van der Waals surface area contributed by atoms with Gasteiger partial charge >= 0.3 is 0 Å². The number of hydrogen-bond acceptors (Lipinski definition) is 4. The minimum Gasteiger partial charge on any atom is -0.347 e. The topological polar surface area (TPSA) is 45.2 Å². The molecule has 0 aromatic carbocycles. The predicted octanol–water partition coefficient (Wildman–Crippen LogP) is 2.51. The second kappa shape index (κ2) is 5.07. The molecule has 0 saturated carbocycles. The van der Waals surface area contributed by atoms with Gasteiger partial charge in [-0.05, 0) is 50.9 Å². The third-order valence-corrected chi connectivity index (χ3v) is 6.13. The minimum atomic E-state index is 0.0711. The van der Waals surface area contributed by atoms with Crippen molar-refractivity contribution in [3.8, 4) is 0 Å². The molecule has 2 atom stereocenters. The fourth-order valence-corrected chi connectivity index (χ4v) is 4.70. The lowest BCUT2D eigenvalue weighted by Gasteiger charge is -2.49. The summed E-state index contributed by atoms with van der Waals surface area (Å²) in [5.41, 5.74) is 0. The molecule has 3 aliphatic rings. The van der Waals surface area contributed by atoms with Crippen molar-refractivity contribution < 1.29 is 4.79 Å². The summed E-state index contributed by atoms with van der Waals surface area (Å²) in [6.45, 7) is 4.62. The van der Waals surface area contributed by atoms with Crippen molar-refractivity contribution in [1.29, 1.82) is 0 Å². The number of carbonyl (C=O) groups excluding carboxylic acids is 1. The molecule has 0 spiro atoms. The van der Waals surface area contributed by atoms with Gasteiger partial charge in [-0.25, -0.2) is 0 Å². The number of fused-ring (bicyclic) bond motifs is 4. The van der Waals surface area contributed by atoms with Crippen LogP contribution in [0.2, 0.25) is 0 Å². The molecular weight excluding hydrogens is 282 g/mol. The number of amides is 1. The highest BCUT2D eigenvalue weighted by molar-refractivity contribution is 7.20. The molecule has 3 fully saturated rings. The molecule has 3 saturated heterocycles. The summed E-state index contributed by atoms with van der Waals surface area (Å²) in [7, 11) is 0. The normalized spacial score (nSPS) is 31.5. The highest BCUT2D eigenvalue weighted by atomic mass is 32.1. The molecule has 2 aromatic rings. The maximum Gasteiger partial charge on any atom is 0.261 e. The van der Waals surface area contributed by atoms with Crippen molar-refractivity contribution in [2.24, 2.45) is 5.92 Å². The molecule has 5 rings (SSSR count). The molecule has 0 radical (unpaired) electrons. The number of aromatic nitrogens is 1. The zero-order valence-electron chi connectivity index (χ0n) is 12.1. The van der Waals surface area contributed by atoms with Crippen LogP contribution >= 0.6 is 11.3 Å². The second-order valence-corrected chi connectivity index (χ2v) is 7.22. The first-order valence-electron chi connectivity index (χ1n) is 7.61. The zero-order chi connectivity index (χ0) is 14.4. The van der Waals surface area contributed by atoms with Gasteiger partial charge in [-0.2, -0.15) is 0 Å². The molecule has 0 unspecified atom stereocenters. The van der Waals surface area contributed by atoms with E-state index in [-0.39, 0.29) is 5.91 Å². The first-order valence-corrected chi connectivity index (χ1v) is 8.42.